The Morgan fingerprint density at radius 1 is 1.04 bits per heavy atom. The van der Waals surface area contributed by atoms with Crippen molar-refractivity contribution in [2.24, 2.45) is 0 Å². The van der Waals surface area contributed by atoms with Gasteiger partial charge in [-0.25, -0.2) is 0 Å². The number of ketones is 1. The fourth-order valence-electron chi connectivity index (χ4n) is 2.74. The Bertz CT molecular complexity index is 1040. The van der Waals surface area contributed by atoms with E-state index in [1.54, 1.807) is 24.3 Å². The van der Waals surface area contributed by atoms with Crippen molar-refractivity contribution in [3.63, 3.8) is 0 Å². The Balaban J connectivity index is 1.52. The van der Waals surface area contributed by atoms with Gasteiger partial charge in [-0.05, 0) is 47.5 Å². The number of hydrogen-bond donors (Lipinski definition) is 0. The Morgan fingerprint density at radius 3 is 2.59 bits per heavy atom. The van der Waals surface area contributed by atoms with Crippen molar-refractivity contribution in [3.8, 4) is 11.5 Å². The van der Waals surface area contributed by atoms with Crippen LogP contribution in [0.5, 0.6) is 11.5 Å². The molecule has 1 heterocycles. The molecule has 0 aromatic heterocycles. The molecule has 0 saturated heterocycles. The van der Waals surface area contributed by atoms with Crippen LogP contribution >= 0.6 is 27.5 Å². The van der Waals surface area contributed by atoms with Crippen molar-refractivity contribution in [3.05, 3.63) is 98.7 Å². The van der Waals surface area contributed by atoms with E-state index < -0.39 is 0 Å². The van der Waals surface area contributed by atoms with Gasteiger partial charge >= 0.3 is 0 Å². The van der Waals surface area contributed by atoms with Crippen molar-refractivity contribution in [2.45, 2.75) is 6.61 Å². The summed E-state index contributed by atoms with van der Waals surface area (Å²) in [6, 6.07) is 20.4. The van der Waals surface area contributed by atoms with Crippen LogP contribution in [0.15, 0.2) is 77.0 Å². The third kappa shape index (κ3) is 3.92. The Hall–Kier alpha value is -2.56. The van der Waals surface area contributed by atoms with E-state index in [1.165, 1.54) is 0 Å². The minimum atomic E-state index is -0.134. The second-order valence-electron chi connectivity index (χ2n) is 6.03. The average molecular weight is 442 g/mol. The van der Waals surface area contributed by atoms with Crippen molar-refractivity contribution >= 4 is 39.4 Å². The number of Topliss-reactive ketones (excluding diaryl/α,β-unsaturated/α-hetero) is 1. The zero-order valence-electron chi connectivity index (χ0n) is 14.1. The van der Waals surface area contributed by atoms with Crippen LogP contribution in [-0.2, 0) is 6.61 Å². The first kappa shape index (κ1) is 17.8. The van der Waals surface area contributed by atoms with Crippen LogP contribution in [0, 0.1) is 0 Å². The minimum Gasteiger partial charge on any atom is -0.489 e. The maximum Gasteiger partial charge on any atom is 0.231 e. The van der Waals surface area contributed by atoms with Gasteiger partial charge in [-0.3, -0.25) is 4.79 Å². The quantitative estimate of drug-likeness (QED) is 0.446. The molecule has 0 fully saturated rings. The Kier molecular flexibility index (Phi) is 5.01. The highest BCUT2D eigenvalue weighted by Crippen LogP contribution is 2.35. The summed E-state index contributed by atoms with van der Waals surface area (Å²) in [5, 5.41) is 0.688. The standard InChI is InChI=1S/C22H14BrClO3/c23-19-4-2-1-3-15(19)11-21-22(25)18-10-9-17(12-20(18)27-21)26-13-14-5-7-16(24)8-6-14/h1-12H,13H2. The molecule has 5 heteroatoms. The summed E-state index contributed by atoms with van der Waals surface area (Å²) in [5.74, 6) is 1.31. The molecule has 0 bridgehead atoms. The third-order valence-electron chi connectivity index (χ3n) is 4.15. The molecule has 27 heavy (non-hydrogen) atoms. The highest BCUT2D eigenvalue weighted by atomic mass is 79.9. The fourth-order valence-corrected chi connectivity index (χ4v) is 3.26. The zero-order chi connectivity index (χ0) is 18.8. The highest BCUT2D eigenvalue weighted by Gasteiger charge is 2.27. The number of fused-ring (bicyclic) bond motifs is 1. The molecule has 0 unspecified atom stereocenters. The molecule has 3 aromatic rings. The summed E-state index contributed by atoms with van der Waals surface area (Å²) in [4.78, 5) is 12.6. The van der Waals surface area contributed by atoms with E-state index in [2.05, 4.69) is 15.9 Å². The van der Waals surface area contributed by atoms with Crippen LogP contribution in [0.1, 0.15) is 21.5 Å². The minimum absolute atomic E-state index is 0.134. The van der Waals surface area contributed by atoms with Gasteiger partial charge in [0, 0.05) is 15.6 Å². The normalized spacial score (nSPS) is 14.1. The first-order chi connectivity index (χ1) is 13.1. The number of hydrogen-bond acceptors (Lipinski definition) is 3. The second kappa shape index (κ2) is 7.59. The van der Waals surface area contributed by atoms with Gasteiger partial charge in [0.05, 0.1) is 5.56 Å². The number of carbonyl (C=O) groups excluding carboxylic acids is 1. The average Bonchev–Trinajstić information content (AvgIpc) is 2.98. The van der Waals surface area contributed by atoms with Gasteiger partial charge < -0.3 is 9.47 Å². The van der Waals surface area contributed by atoms with E-state index in [1.807, 2.05) is 48.5 Å². The summed E-state index contributed by atoms with van der Waals surface area (Å²) in [6.45, 7) is 0.406. The molecule has 3 aromatic carbocycles. The van der Waals surface area contributed by atoms with Crippen molar-refractivity contribution in [1.82, 2.24) is 0 Å². The number of carbonyl (C=O) groups is 1. The molecule has 0 amide bonds. The topological polar surface area (TPSA) is 35.5 Å². The van der Waals surface area contributed by atoms with Gasteiger partial charge in [-0.2, -0.15) is 0 Å². The number of benzene rings is 3. The summed E-state index contributed by atoms with van der Waals surface area (Å²) in [7, 11) is 0. The van der Waals surface area contributed by atoms with E-state index in [0.717, 1.165) is 15.6 Å². The molecule has 134 valence electrons. The Labute approximate surface area is 170 Å². The second-order valence-corrected chi connectivity index (χ2v) is 7.33. The lowest BCUT2D eigenvalue weighted by molar-refractivity contribution is 0.101. The van der Waals surface area contributed by atoms with Crippen LogP contribution in [0.4, 0.5) is 0 Å². The van der Waals surface area contributed by atoms with Crippen LogP contribution < -0.4 is 9.47 Å². The van der Waals surface area contributed by atoms with Crippen LogP contribution in [0.25, 0.3) is 6.08 Å². The monoisotopic (exact) mass is 440 g/mol. The van der Waals surface area contributed by atoms with E-state index in [4.69, 9.17) is 21.1 Å². The SMILES string of the molecule is O=C1C(=Cc2ccccc2Br)Oc2cc(OCc3ccc(Cl)cc3)ccc21. The van der Waals surface area contributed by atoms with E-state index in [0.29, 0.717) is 34.5 Å². The summed E-state index contributed by atoms with van der Waals surface area (Å²) in [5.41, 5.74) is 2.42. The van der Waals surface area contributed by atoms with Gasteiger partial charge in [0.25, 0.3) is 0 Å². The van der Waals surface area contributed by atoms with Crippen molar-refractivity contribution in [2.75, 3.05) is 0 Å². The summed E-state index contributed by atoms with van der Waals surface area (Å²) in [6.07, 6.45) is 1.74. The zero-order valence-corrected chi connectivity index (χ0v) is 16.5. The predicted octanol–water partition coefficient (Wildman–Crippen LogP) is 6.30. The highest BCUT2D eigenvalue weighted by molar-refractivity contribution is 9.10. The number of ether oxygens (including phenoxy) is 2. The largest absolute Gasteiger partial charge is 0.489 e. The molecule has 0 saturated carbocycles. The Morgan fingerprint density at radius 2 is 1.81 bits per heavy atom. The number of allylic oxidation sites excluding steroid dienone is 1. The van der Waals surface area contributed by atoms with Gasteiger partial charge in [-0.15, -0.1) is 0 Å². The number of halogens is 2. The van der Waals surface area contributed by atoms with Gasteiger partial charge in [0.2, 0.25) is 5.78 Å². The van der Waals surface area contributed by atoms with Crippen molar-refractivity contribution < 1.29 is 14.3 Å². The lowest BCUT2D eigenvalue weighted by atomic mass is 10.1. The van der Waals surface area contributed by atoms with Crippen molar-refractivity contribution in [1.29, 1.82) is 0 Å². The van der Waals surface area contributed by atoms with Crippen LogP contribution in [0.2, 0.25) is 5.02 Å². The molecule has 1 aliphatic heterocycles. The summed E-state index contributed by atoms with van der Waals surface area (Å²) < 4.78 is 12.5. The third-order valence-corrected chi connectivity index (χ3v) is 5.13. The van der Waals surface area contributed by atoms with Gasteiger partial charge in [0.15, 0.2) is 5.76 Å². The first-order valence-electron chi connectivity index (χ1n) is 8.30. The summed E-state index contributed by atoms with van der Waals surface area (Å²) >= 11 is 9.37. The molecular formula is C22H14BrClO3. The van der Waals surface area contributed by atoms with Gasteiger partial charge in [0.1, 0.15) is 18.1 Å². The van der Waals surface area contributed by atoms with Crippen LogP contribution in [0.3, 0.4) is 0 Å². The van der Waals surface area contributed by atoms with E-state index in [-0.39, 0.29) is 5.78 Å². The lowest BCUT2D eigenvalue weighted by Crippen LogP contribution is -1.98. The fraction of sp³-hybridized carbons (Fsp3) is 0.0455. The lowest BCUT2D eigenvalue weighted by Gasteiger charge is -2.07. The molecule has 4 rings (SSSR count). The van der Waals surface area contributed by atoms with E-state index >= 15 is 0 Å². The molecular weight excluding hydrogens is 428 g/mol. The van der Waals surface area contributed by atoms with E-state index in [9.17, 15) is 4.79 Å². The maximum atomic E-state index is 12.6. The molecule has 0 spiro atoms. The molecule has 0 radical (unpaired) electrons. The molecule has 0 atom stereocenters. The van der Waals surface area contributed by atoms with Crippen LogP contribution in [-0.4, -0.2) is 5.78 Å². The first-order valence-corrected chi connectivity index (χ1v) is 9.47. The molecule has 1 aliphatic rings. The smallest absolute Gasteiger partial charge is 0.231 e. The predicted molar refractivity (Wildman–Crippen MR) is 109 cm³/mol. The molecule has 0 N–H and O–H groups in total. The molecule has 0 aliphatic carbocycles. The maximum absolute atomic E-state index is 12.6. The number of rotatable bonds is 4. The molecule has 3 nitrogen and oxygen atoms in total. The van der Waals surface area contributed by atoms with Gasteiger partial charge in [-0.1, -0.05) is 57.9 Å².